The van der Waals surface area contributed by atoms with Gasteiger partial charge in [-0.05, 0) is 19.4 Å². The van der Waals surface area contributed by atoms with Crippen molar-refractivity contribution in [1.29, 1.82) is 0 Å². The van der Waals surface area contributed by atoms with Crippen LogP contribution in [0.25, 0.3) is 0 Å². The number of rotatable bonds is 5. The maximum atomic E-state index is 14.2. The standard InChI is InChI=1S/C19H25FN4O2/c1-12(2)17-22-16-10-9-13(11-24(16)23-17)21-18(25)19(3,26-4)14-7-5-6-8-15(14)20/h5-8,12-13H,9-11H2,1-4H3,(H,21,25). The minimum absolute atomic E-state index is 0.0991. The molecule has 1 N–H and O–H groups in total. The largest absolute Gasteiger partial charge is 0.364 e. The molecular formula is C19H25FN4O2. The molecule has 0 fully saturated rings. The molecule has 7 heteroatoms. The van der Waals surface area contributed by atoms with Gasteiger partial charge in [-0.3, -0.25) is 4.79 Å². The monoisotopic (exact) mass is 360 g/mol. The molecule has 0 aliphatic carbocycles. The molecule has 2 unspecified atom stereocenters. The quantitative estimate of drug-likeness (QED) is 0.890. The molecule has 2 aromatic rings. The molecule has 6 nitrogen and oxygen atoms in total. The fourth-order valence-electron chi connectivity index (χ4n) is 3.19. The smallest absolute Gasteiger partial charge is 0.256 e. The minimum atomic E-state index is -1.39. The Labute approximate surface area is 152 Å². The number of hydrogen-bond donors (Lipinski definition) is 1. The summed E-state index contributed by atoms with van der Waals surface area (Å²) in [5, 5.41) is 7.52. The first kappa shape index (κ1) is 18.5. The maximum absolute atomic E-state index is 14.2. The first-order valence-corrected chi connectivity index (χ1v) is 8.90. The van der Waals surface area contributed by atoms with Crippen LogP contribution in [-0.2, 0) is 28.1 Å². The van der Waals surface area contributed by atoms with Crippen LogP contribution in [0.2, 0.25) is 0 Å². The Kier molecular flexibility index (Phi) is 5.09. The van der Waals surface area contributed by atoms with Crippen LogP contribution < -0.4 is 5.32 Å². The average molecular weight is 360 g/mol. The SMILES string of the molecule is COC(C)(C(=O)NC1CCc2nc(C(C)C)nn2C1)c1ccccc1F. The molecule has 1 amide bonds. The summed E-state index contributed by atoms with van der Waals surface area (Å²) >= 11 is 0. The second kappa shape index (κ2) is 7.15. The Balaban J connectivity index is 1.76. The number of carbonyl (C=O) groups excluding carboxylic acids is 1. The van der Waals surface area contributed by atoms with E-state index in [0.717, 1.165) is 24.5 Å². The second-order valence-corrected chi connectivity index (χ2v) is 7.15. The lowest BCUT2D eigenvalue weighted by Crippen LogP contribution is -2.50. The van der Waals surface area contributed by atoms with E-state index in [-0.39, 0.29) is 23.4 Å². The van der Waals surface area contributed by atoms with Gasteiger partial charge in [-0.1, -0.05) is 32.0 Å². The van der Waals surface area contributed by atoms with E-state index in [4.69, 9.17) is 4.74 Å². The molecule has 26 heavy (non-hydrogen) atoms. The predicted octanol–water partition coefficient (Wildman–Crippen LogP) is 2.53. The van der Waals surface area contributed by atoms with E-state index in [2.05, 4.69) is 29.2 Å². The normalized spacial score (nSPS) is 19.1. The summed E-state index contributed by atoms with van der Waals surface area (Å²) in [6.07, 6.45) is 1.51. The van der Waals surface area contributed by atoms with Crippen LogP contribution in [0.3, 0.4) is 0 Å². The lowest BCUT2D eigenvalue weighted by molar-refractivity contribution is -0.144. The number of nitrogens with one attached hydrogen (secondary N) is 1. The van der Waals surface area contributed by atoms with E-state index >= 15 is 0 Å². The van der Waals surface area contributed by atoms with Crippen LogP contribution >= 0.6 is 0 Å². The molecule has 0 radical (unpaired) electrons. The highest BCUT2D eigenvalue weighted by molar-refractivity contribution is 5.86. The van der Waals surface area contributed by atoms with E-state index in [1.165, 1.54) is 13.2 Å². The van der Waals surface area contributed by atoms with E-state index in [1.54, 1.807) is 25.1 Å². The summed E-state index contributed by atoms with van der Waals surface area (Å²) in [5.41, 5.74) is -1.17. The van der Waals surface area contributed by atoms with Gasteiger partial charge < -0.3 is 10.1 Å². The summed E-state index contributed by atoms with van der Waals surface area (Å²) in [7, 11) is 1.41. The van der Waals surface area contributed by atoms with Gasteiger partial charge in [-0.25, -0.2) is 14.1 Å². The van der Waals surface area contributed by atoms with Crippen molar-refractivity contribution in [3.8, 4) is 0 Å². The predicted molar refractivity (Wildman–Crippen MR) is 95.1 cm³/mol. The molecule has 0 saturated heterocycles. The van der Waals surface area contributed by atoms with Crippen molar-refractivity contribution in [3.05, 3.63) is 47.3 Å². The summed E-state index contributed by atoms with van der Waals surface area (Å²) in [6, 6.07) is 6.09. The molecule has 0 saturated carbocycles. The first-order valence-electron chi connectivity index (χ1n) is 8.90. The Morgan fingerprint density at radius 2 is 2.15 bits per heavy atom. The Hall–Kier alpha value is -2.28. The average Bonchev–Trinajstić information content (AvgIpc) is 3.05. The molecular weight excluding hydrogens is 335 g/mol. The van der Waals surface area contributed by atoms with Crippen molar-refractivity contribution < 1.29 is 13.9 Å². The minimum Gasteiger partial charge on any atom is -0.364 e. The van der Waals surface area contributed by atoms with Gasteiger partial charge in [-0.15, -0.1) is 0 Å². The molecule has 0 bridgehead atoms. The fourth-order valence-corrected chi connectivity index (χ4v) is 3.19. The van der Waals surface area contributed by atoms with Crippen LogP contribution in [0.1, 0.15) is 50.3 Å². The van der Waals surface area contributed by atoms with Crippen LogP contribution in [0.5, 0.6) is 0 Å². The van der Waals surface area contributed by atoms with E-state index in [9.17, 15) is 9.18 Å². The molecule has 1 aromatic heterocycles. The maximum Gasteiger partial charge on any atom is 0.256 e. The van der Waals surface area contributed by atoms with Gasteiger partial charge in [0.25, 0.3) is 5.91 Å². The fraction of sp³-hybridized carbons (Fsp3) is 0.526. The molecule has 2 atom stereocenters. The third-order valence-corrected chi connectivity index (χ3v) is 4.96. The molecule has 1 aliphatic heterocycles. The van der Waals surface area contributed by atoms with Gasteiger partial charge in [0.15, 0.2) is 11.4 Å². The van der Waals surface area contributed by atoms with Crippen LogP contribution in [0, 0.1) is 5.82 Å². The number of hydrogen-bond acceptors (Lipinski definition) is 4. The third kappa shape index (κ3) is 3.35. The number of amides is 1. The Morgan fingerprint density at radius 3 is 2.81 bits per heavy atom. The lowest BCUT2D eigenvalue weighted by atomic mass is 9.93. The van der Waals surface area contributed by atoms with Gasteiger partial charge in [0.05, 0.1) is 6.54 Å². The molecule has 3 rings (SSSR count). The van der Waals surface area contributed by atoms with Crippen molar-refractivity contribution in [2.45, 2.75) is 57.7 Å². The highest BCUT2D eigenvalue weighted by atomic mass is 19.1. The molecule has 0 spiro atoms. The number of aryl methyl sites for hydroxylation is 1. The number of nitrogens with zero attached hydrogens (tertiary/aromatic N) is 3. The first-order chi connectivity index (χ1) is 12.3. The highest BCUT2D eigenvalue weighted by Gasteiger charge is 2.39. The summed E-state index contributed by atoms with van der Waals surface area (Å²) in [6.45, 7) is 6.25. The number of fused-ring (bicyclic) bond motifs is 1. The molecule has 1 aliphatic rings. The zero-order valence-electron chi connectivity index (χ0n) is 15.6. The van der Waals surface area contributed by atoms with Crippen molar-refractivity contribution in [2.24, 2.45) is 0 Å². The number of carbonyl (C=O) groups is 1. The van der Waals surface area contributed by atoms with Gasteiger partial charge in [0.2, 0.25) is 0 Å². The highest BCUT2D eigenvalue weighted by Crippen LogP contribution is 2.28. The second-order valence-electron chi connectivity index (χ2n) is 7.15. The van der Waals surface area contributed by atoms with Crippen molar-refractivity contribution >= 4 is 5.91 Å². The van der Waals surface area contributed by atoms with Gasteiger partial charge in [-0.2, -0.15) is 5.10 Å². The molecule has 2 heterocycles. The number of aromatic nitrogens is 3. The number of methoxy groups -OCH3 is 1. The van der Waals surface area contributed by atoms with Crippen molar-refractivity contribution in [1.82, 2.24) is 20.1 Å². The van der Waals surface area contributed by atoms with Crippen molar-refractivity contribution in [3.63, 3.8) is 0 Å². The van der Waals surface area contributed by atoms with Gasteiger partial charge in [0, 0.05) is 31.1 Å². The number of benzene rings is 1. The van der Waals surface area contributed by atoms with E-state index in [0.29, 0.717) is 6.54 Å². The van der Waals surface area contributed by atoms with E-state index < -0.39 is 11.4 Å². The third-order valence-electron chi connectivity index (χ3n) is 4.96. The molecule has 1 aromatic carbocycles. The number of halogens is 1. The van der Waals surface area contributed by atoms with Crippen LogP contribution in [0.4, 0.5) is 4.39 Å². The lowest BCUT2D eigenvalue weighted by Gasteiger charge is -2.31. The van der Waals surface area contributed by atoms with Crippen molar-refractivity contribution in [2.75, 3.05) is 7.11 Å². The zero-order chi connectivity index (χ0) is 18.9. The number of ether oxygens (including phenoxy) is 1. The van der Waals surface area contributed by atoms with E-state index in [1.807, 2.05) is 4.68 Å². The Bertz CT molecular complexity index is 805. The zero-order valence-corrected chi connectivity index (χ0v) is 15.6. The Morgan fingerprint density at radius 1 is 1.42 bits per heavy atom. The summed E-state index contributed by atoms with van der Waals surface area (Å²) in [4.78, 5) is 17.4. The van der Waals surface area contributed by atoms with Gasteiger partial charge in [0.1, 0.15) is 11.6 Å². The summed E-state index contributed by atoms with van der Waals surface area (Å²) in [5.74, 6) is 1.21. The molecule has 140 valence electrons. The van der Waals surface area contributed by atoms with Gasteiger partial charge >= 0.3 is 0 Å². The summed E-state index contributed by atoms with van der Waals surface area (Å²) < 4.78 is 21.5. The van der Waals surface area contributed by atoms with Crippen LogP contribution in [-0.4, -0.2) is 33.8 Å². The van der Waals surface area contributed by atoms with Crippen LogP contribution in [0.15, 0.2) is 24.3 Å². The topological polar surface area (TPSA) is 69.0 Å².